The van der Waals surface area contributed by atoms with Gasteiger partial charge in [0, 0.05) is 19.1 Å². The number of carbonyl (C=O) groups is 2. The van der Waals surface area contributed by atoms with Gasteiger partial charge in [0.15, 0.2) is 5.76 Å². The third kappa shape index (κ3) is 3.39. The molecule has 0 aromatic carbocycles. The summed E-state index contributed by atoms with van der Waals surface area (Å²) in [4.78, 5) is 25.1. The van der Waals surface area contributed by atoms with Gasteiger partial charge >= 0.3 is 0 Å². The standard InChI is InChI=1S/C14H21N3O3/c1-9-3-4-12(20-9)14(19)16-11-5-7-17(8-6-11)10(2)13(15)18/h3-4,10-11H,5-8H2,1-2H3,(H2,15,18)(H,16,19)/t10-/m1/s1. The zero-order chi connectivity index (χ0) is 14.7. The van der Waals surface area contributed by atoms with Crippen LogP contribution in [0.5, 0.6) is 0 Å². The van der Waals surface area contributed by atoms with E-state index in [1.54, 1.807) is 19.1 Å². The summed E-state index contributed by atoms with van der Waals surface area (Å²) in [6.45, 7) is 5.13. The van der Waals surface area contributed by atoms with E-state index in [4.69, 9.17) is 10.2 Å². The number of nitrogens with two attached hydrogens (primary N) is 1. The predicted molar refractivity (Wildman–Crippen MR) is 74.2 cm³/mol. The van der Waals surface area contributed by atoms with Crippen molar-refractivity contribution in [2.75, 3.05) is 13.1 Å². The molecule has 0 radical (unpaired) electrons. The number of furan rings is 1. The fourth-order valence-corrected chi connectivity index (χ4v) is 2.42. The average Bonchev–Trinajstić information content (AvgIpc) is 2.85. The van der Waals surface area contributed by atoms with Gasteiger partial charge in [0.05, 0.1) is 6.04 Å². The molecule has 20 heavy (non-hydrogen) atoms. The SMILES string of the molecule is Cc1ccc(C(=O)NC2CCN([C@H](C)C(N)=O)CC2)o1. The second-order valence-corrected chi connectivity index (χ2v) is 5.27. The Kier molecular flexibility index (Phi) is 4.44. The van der Waals surface area contributed by atoms with Gasteiger partial charge in [0.2, 0.25) is 5.91 Å². The van der Waals surface area contributed by atoms with Crippen LogP contribution in [0, 0.1) is 6.92 Å². The molecule has 0 saturated carbocycles. The summed E-state index contributed by atoms with van der Waals surface area (Å²) in [5.41, 5.74) is 5.30. The molecule has 6 heteroatoms. The number of rotatable bonds is 4. The van der Waals surface area contributed by atoms with E-state index in [0.29, 0.717) is 5.76 Å². The first-order chi connectivity index (χ1) is 9.47. The molecule has 1 aromatic heterocycles. The molecule has 1 atom stereocenters. The molecule has 0 spiro atoms. The average molecular weight is 279 g/mol. The monoisotopic (exact) mass is 279 g/mol. The lowest BCUT2D eigenvalue weighted by Crippen LogP contribution is -2.50. The highest BCUT2D eigenvalue weighted by Gasteiger charge is 2.26. The third-order valence-electron chi connectivity index (χ3n) is 3.79. The molecular formula is C14H21N3O3. The zero-order valence-corrected chi connectivity index (χ0v) is 11.9. The van der Waals surface area contributed by atoms with Crippen LogP contribution in [0.2, 0.25) is 0 Å². The highest BCUT2D eigenvalue weighted by atomic mass is 16.3. The van der Waals surface area contributed by atoms with Crippen molar-refractivity contribution in [2.45, 2.75) is 38.8 Å². The number of likely N-dealkylation sites (tertiary alicyclic amines) is 1. The van der Waals surface area contributed by atoms with Crippen LogP contribution in [0.25, 0.3) is 0 Å². The fraction of sp³-hybridized carbons (Fsp3) is 0.571. The summed E-state index contributed by atoms with van der Waals surface area (Å²) in [6, 6.07) is 3.31. The quantitative estimate of drug-likeness (QED) is 0.847. The molecule has 1 fully saturated rings. The van der Waals surface area contributed by atoms with Crippen molar-refractivity contribution >= 4 is 11.8 Å². The van der Waals surface area contributed by atoms with Crippen molar-refractivity contribution < 1.29 is 14.0 Å². The Morgan fingerprint density at radius 1 is 1.40 bits per heavy atom. The topological polar surface area (TPSA) is 88.6 Å². The number of hydrogen-bond donors (Lipinski definition) is 2. The Bertz CT molecular complexity index is 490. The van der Waals surface area contributed by atoms with E-state index in [1.165, 1.54) is 0 Å². The van der Waals surface area contributed by atoms with Gasteiger partial charge in [-0.3, -0.25) is 14.5 Å². The number of nitrogens with zero attached hydrogens (tertiary/aromatic N) is 1. The van der Waals surface area contributed by atoms with E-state index < -0.39 is 0 Å². The molecule has 0 bridgehead atoms. The van der Waals surface area contributed by atoms with Crippen LogP contribution in [-0.4, -0.2) is 41.9 Å². The van der Waals surface area contributed by atoms with E-state index >= 15 is 0 Å². The zero-order valence-electron chi connectivity index (χ0n) is 11.9. The normalized spacial score (nSPS) is 18.7. The number of nitrogens with one attached hydrogen (secondary N) is 1. The van der Waals surface area contributed by atoms with Crippen molar-refractivity contribution in [3.63, 3.8) is 0 Å². The third-order valence-corrected chi connectivity index (χ3v) is 3.79. The van der Waals surface area contributed by atoms with Crippen molar-refractivity contribution in [2.24, 2.45) is 5.73 Å². The molecule has 6 nitrogen and oxygen atoms in total. The van der Waals surface area contributed by atoms with Crippen LogP contribution in [-0.2, 0) is 4.79 Å². The van der Waals surface area contributed by atoms with Gasteiger partial charge in [-0.15, -0.1) is 0 Å². The lowest BCUT2D eigenvalue weighted by molar-refractivity contribution is -0.123. The highest BCUT2D eigenvalue weighted by molar-refractivity contribution is 5.91. The van der Waals surface area contributed by atoms with E-state index in [9.17, 15) is 9.59 Å². The van der Waals surface area contributed by atoms with Gasteiger partial charge in [-0.25, -0.2) is 0 Å². The maximum absolute atomic E-state index is 12.0. The lowest BCUT2D eigenvalue weighted by Gasteiger charge is -2.34. The number of piperidine rings is 1. The van der Waals surface area contributed by atoms with Crippen LogP contribution in [0.1, 0.15) is 36.1 Å². The second kappa shape index (κ2) is 6.09. The molecule has 0 aliphatic carbocycles. The maximum atomic E-state index is 12.0. The summed E-state index contributed by atoms with van der Waals surface area (Å²) in [6.07, 6.45) is 1.62. The Balaban J connectivity index is 1.82. The van der Waals surface area contributed by atoms with Crippen molar-refractivity contribution in [1.29, 1.82) is 0 Å². The Hall–Kier alpha value is -1.82. The lowest BCUT2D eigenvalue weighted by atomic mass is 10.0. The van der Waals surface area contributed by atoms with E-state index in [1.807, 2.05) is 11.8 Å². The van der Waals surface area contributed by atoms with Crippen molar-refractivity contribution in [1.82, 2.24) is 10.2 Å². The number of hydrogen-bond acceptors (Lipinski definition) is 4. The summed E-state index contributed by atoms with van der Waals surface area (Å²) >= 11 is 0. The molecule has 2 heterocycles. The molecule has 3 N–H and O–H groups in total. The largest absolute Gasteiger partial charge is 0.456 e. The first-order valence-corrected chi connectivity index (χ1v) is 6.88. The van der Waals surface area contributed by atoms with Crippen LogP contribution >= 0.6 is 0 Å². The van der Waals surface area contributed by atoms with Crippen LogP contribution in [0.3, 0.4) is 0 Å². The molecule has 1 saturated heterocycles. The molecular weight excluding hydrogens is 258 g/mol. The molecule has 1 aromatic rings. The molecule has 0 unspecified atom stereocenters. The van der Waals surface area contributed by atoms with Gasteiger partial charge < -0.3 is 15.5 Å². The first-order valence-electron chi connectivity index (χ1n) is 6.88. The maximum Gasteiger partial charge on any atom is 0.287 e. The van der Waals surface area contributed by atoms with Crippen molar-refractivity contribution in [3.05, 3.63) is 23.7 Å². The Morgan fingerprint density at radius 3 is 2.55 bits per heavy atom. The van der Waals surface area contributed by atoms with Gasteiger partial charge in [0.1, 0.15) is 5.76 Å². The Morgan fingerprint density at radius 2 is 2.05 bits per heavy atom. The molecule has 1 aliphatic rings. The molecule has 2 amide bonds. The van der Waals surface area contributed by atoms with Gasteiger partial charge in [-0.1, -0.05) is 0 Å². The second-order valence-electron chi connectivity index (χ2n) is 5.27. The van der Waals surface area contributed by atoms with Crippen LogP contribution in [0.15, 0.2) is 16.5 Å². The van der Waals surface area contributed by atoms with Crippen LogP contribution in [0.4, 0.5) is 0 Å². The van der Waals surface area contributed by atoms with E-state index in [-0.39, 0.29) is 23.9 Å². The Labute approximate surface area is 118 Å². The number of aryl methyl sites for hydroxylation is 1. The van der Waals surface area contributed by atoms with Crippen molar-refractivity contribution in [3.8, 4) is 0 Å². The summed E-state index contributed by atoms with van der Waals surface area (Å²) in [5.74, 6) is 0.578. The first kappa shape index (κ1) is 14.6. The highest BCUT2D eigenvalue weighted by Crippen LogP contribution is 2.14. The molecule has 110 valence electrons. The van der Waals surface area contributed by atoms with Gasteiger partial charge in [-0.05, 0) is 38.8 Å². The predicted octanol–water partition coefficient (Wildman–Crippen LogP) is 0.656. The minimum absolute atomic E-state index is 0.115. The number of amides is 2. The number of carbonyl (C=O) groups excluding carboxylic acids is 2. The van der Waals surface area contributed by atoms with Gasteiger partial charge in [0.25, 0.3) is 5.91 Å². The molecule has 1 aliphatic heterocycles. The summed E-state index contributed by atoms with van der Waals surface area (Å²) < 4.78 is 5.29. The van der Waals surface area contributed by atoms with Crippen LogP contribution < -0.4 is 11.1 Å². The van der Waals surface area contributed by atoms with Gasteiger partial charge in [-0.2, -0.15) is 0 Å². The summed E-state index contributed by atoms with van der Waals surface area (Å²) in [7, 11) is 0. The fourth-order valence-electron chi connectivity index (χ4n) is 2.42. The van der Waals surface area contributed by atoms with E-state index in [2.05, 4.69) is 5.32 Å². The summed E-state index contributed by atoms with van der Waals surface area (Å²) in [5, 5.41) is 2.96. The minimum Gasteiger partial charge on any atom is -0.456 e. The smallest absolute Gasteiger partial charge is 0.287 e. The molecule has 2 rings (SSSR count). The number of primary amides is 1. The minimum atomic E-state index is -0.307. The van der Waals surface area contributed by atoms with E-state index in [0.717, 1.165) is 31.7 Å².